The molecule has 0 unspecified atom stereocenters. The molecule has 6 atom stereocenters. The molecule has 3 N–H and O–H groups in total. The molecule has 0 aliphatic carbocycles. The zero-order valence-electron chi connectivity index (χ0n) is 15.3. The fraction of sp³-hybridized carbons (Fsp3) is 0.526. The Morgan fingerprint density at radius 3 is 2.59 bits per heavy atom. The van der Waals surface area contributed by atoms with Gasteiger partial charge in [0.1, 0.15) is 5.54 Å². The Hall–Kier alpha value is -1.96. The first-order valence-corrected chi connectivity index (χ1v) is 9.56. The molecule has 3 heterocycles. The van der Waals surface area contributed by atoms with Crippen molar-refractivity contribution in [1.82, 2.24) is 10.2 Å². The molecular formula is C19H22ClN3O4. The van der Waals surface area contributed by atoms with Crippen LogP contribution in [0.4, 0.5) is 5.69 Å². The van der Waals surface area contributed by atoms with Gasteiger partial charge in [-0.15, -0.1) is 0 Å². The summed E-state index contributed by atoms with van der Waals surface area (Å²) < 4.78 is 0. The molecule has 3 aliphatic heterocycles. The number of hydrogen-bond donors (Lipinski definition) is 3. The highest BCUT2D eigenvalue weighted by molar-refractivity contribution is 6.35. The number of aliphatic hydroxyl groups is 1. The lowest BCUT2D eigenvalue weighted by Crippen LogP contribution is -2.55. The van der Waals surface area contributed by atoms with Gasteiger partial charge >= 0.3 is 0 Å². The van der Waals surface area contributed by atoms with Crippen LogP contribution in [0.2, 0.25) is 5.02 Å². The Kier molecular flexibility index (Phi) is 4.10. The molecule has 0 saturated carbocycles. The van der Waals surface area contributed by atoms with E-state index in [0.29, 0.717) is 22.7 Å². The van der Waals surface area contributed by atoms with E-state index in [9.17, 15) is 19.5 Å². The van der Waals surface area contributed by atoms with Gasteiger partial charge in [-0.25, -0.2) is 0 Å². The van der Waals surface area contributed by atoms with Crippen molar-refractivity contribution in [3.63, 3.8) is 0 Å². The summed E-state index contributed by atoms with van der Waals surface area (Å²) in [4.78, 5) is 40.9. The van der Waals surface area contributed by atoms with Crippen LogP contribution in [0.25, 0.3) is 0 Å². The average Bonchev–Trinajstić information content (AvgIpc) is 3.21. The fourth-order valence-electron chi connectivity index (χ4n) is 4.78. The number of rotatable bonds is 3. The maximum Gasteiger partial charge on any atom is 0.250 e. The van der Waals surface area contributed by atoms with Gasteiger partial charge in [0.15, 0.2) is 0 Å². The third-order valence-corrected chi connectivity index (χ3v) is 6.53. The van der Waals surface area contributed by atoms with Gasteiger partial charge in [-0.3, -0.25) is 24.6 Å². The standard InChI is InChI=1S/C19H22ClN3O4/c1-4-8(2)23-16(25)12-13(17(23)26)19(22-14(12)9(3)24)10-6-5-7-11(20)15(10)21-18(19)27/h5-9,12-14,22,24H,4H2,1-3H3,(H,21,27)/t8-,9-,12-,13-,14+,19-/m0/s1. The number of aliphatic hydroxyl groups excluding tert-OH is 1. The van der Waals surface area contributed by atoms with E-state index < -0.39 is 35.4 Å². The summed E-state index contributed by atoms with van der Waals surface area (Å²) in [5.41, 5.74) is -0.421. The summed E-state index contributed by atoms with van der Waals surface area (Å²) in [5, 5.41) is 16.6. The van der Waals surface area contributed by atoms with Crippen LogP contribution < -0.4 is 10.6 Å². The molecule has 3 aliphatic rings. The molecule has 1 aromatic carbocycles. The van der Waals surface area contributed by atoms with Crippen LogP contribution in [0.1, 0.15) is 32.8 Å². The van der Waals surface area contributed by atoms with Crippen LogP contribution >= 0.6 is 11.6 Å². The Bertz CT molecular complexity index is 857. The third kappa shape index (κ3) is 2.19. The van der Waals surface area contributed by atoms with Crippen LogP contribution in [-0.2, 0) is 19.9 Å². The number of carbonyl (C=O) groups excluding carboxylic acids is 3. The SMILES string of the molecule is CC[C@H](C)N1C(=O)[C@@H]2[C@@H]([C@H](C)O)N[C@]3(C(=O)Nc4c(Cl)cccc43)[C@@H]2C1=O. The first kappa shape index (κ1) is 18.4. The second kappa shape index (κ2) is 6.02. The summed E-state index contributed by atoms with van der Waals surface area (Å²) in [5.74, 6) is -2.85. The highest BCUT2D eigenvalue weighted by atomic mass is 35.5. The Balaban J connectivity index is 1.92. The number of para-hydroxylation sites is 1. The van der Waals surface area contributed by atoms with Crippen LogP contribution in [0.15, 0.2) is 18.2 Å². The number of carbonyl (C=O) groups is 3. The van der Waals surface area contributed by atoms with Crippen molar-refractivity contribution in [2.45, 2.75) is 50.9 Å². The number of hydrogen-bond acceptors (Lipinski definition) is 5. The zero-order chi connectivity index (χ0) is 19.7. The van der Waals surface area contributed by atoms with Gasteiger partial charge in [0, 0.05) is 17.6 Å². The van der Waals surface area contributed by atoms with Gasteiger partial charge in [-0.1, -0.05) is 30.7 Å². The minimum absolute atomic E-state index is 0.273. The van der Waals surface area contributed by atoms with Crippen molar-refractivity contribution in [1.29, 1.82) is 0 Å². The normalized spacial score (nSPS) is 34.0. The first-order chi connectivity index (χ1) is 12.8. The fourth-order valence-corrected chi connectivity index (χ4v) is 5.00. The molecule has 2 fully saturated rings. The second-order valence-electron chi connectivity index (χ2n) is 7.64. The van der Waals surface area contributed by atoms with E-state index >= 15 is 0 Å². The smallest absolute Gasteiger partial charge is 0.250 e. The predicted molar refractivity (Wildman–Crippen MR) is 99.0 cm³/mol. The molecular weight excluding hydrogens is 370 g/mol. The van der Waals surface area contributed by atoms with E-state index in [1.54, 1.807) is 25.1 Å². The van der Waals surface area contributed by atoms with E-state index in [1.807, 2.05) is 13.8 Å². The van der Waals surface area contributed by atoms with Crippen LogP contribution in [0.5, 0.6) is 0 Å². The molecule has 7 nitrogen and oxygen atoms in total. The minimum Gasteiger partial charge on any atom is -0.392 e. The number of imide groups is 1. The van der Waals surface area contributed by atoms with Gasteiger partial charge in [0.25, 0.3) is 0 Å². The average molecular weight is 392 g/mol. The van der Waals surface area contributed by atoms with E-state index in [1.165, 1.54) is 4.90 Å². The quantitative estimate of drug-likeness (QED) is 0.673. The maximum absolute atomic E-state index is 13.3. The topological polar surface area (TPSA) is 98.7 Å². The summed E-state index contributed by atoms with van der Waals surface area (Å²) in [6.07, 6.45) is -0.299. The molecule has 0 bridgehead atoms. The Morgan fingerprint density at radius 1 is 1.26 bits per heavy atom. The van der Waals surface area contributed by atoms with Crippen molar-refractivity contribution in [2.24, 2.45) is 11.8 Å². The monoisotopic (exact) mass is 391 g/mol. The summed E-state index contributed by atoms with van der Waals surface area (Å²) >= 11 is 6.25. The summed E-state index contributed by atoms with van der Waals surface area (Å²) in [6.45, 7) is 5.27. The molecule has 8 heteroatoms. The van der Waals surface area contributed by atoms with Crippen LogP contribution in [0.3, 0.4) is 0 Å². The van der Waals surface area contributed by atoms with Crippen molar-refractivity contribution < 1.29 is 19.5 Å². The number of fused-ring (bicyclic) bond motifs is 4. The molecule has 3 amide bonds. The predicted octanol–water partition coefficient (Wildman–Crippen LogP) is 1.24. The van der Waals surface area contributed by atoms with Crippen molar-refractivity contribution >= 4 is 35.0 Å². The van der Waals surface area contributed by atoms with E-state index in [2.05, 4.69) is 10.6 Å². The number of anilines is 1. The Labute approximate surface area is 162 Å². The third-order valence-electron chi connectivity index (χ3n) is 6.22. The lowest BCUT2D eigenvalue weighted by molar-refractivity contribution is -0.145. The molecule has 2 saturated heterocycles. The van der Waals surface area contributed by atoms with Crippen molar-refractivity contribution in [3.8, 4) is 0 Å². The number of benzene rings is 1. The van der Waals surface area contributed by atoms with Gasteiger partial charge in [0.2, 0.25) is 17.7 Å². The van der Waals surface area contributed by atoms with E-state index in [-0.39, 0.29) is 17.9 Å². The van der Waals surface area contributed by atoms with E-state index in [0.717, 1.165) is 0 Å². The molecule has 4 rings (SSSR count). The lowest BCUT2D eigenvalue weighted by atomic mass is 9.76. The van der Waals surface area contributed by atoms with Crippen molar-refractivity contribution in [2.75, 3.05) is 5.32 Å². The molecule has 0 radical (unpaired) electrons. The van der Waals surface area contributed by atoms with Crippen LogP contribution in [0, 0.1) is 11.8 Å². The number of nitrogens with one attached hydrogen (secondary N) is 2. The van der Waals surface area contributed by atoms with Gasteiger partial charge in [0.05, 0.1) is 28.6 Å². The van der Waals surface area contributed by atoms with Crippen molar-refractivity contribution in [3.05, 3.63) is 28.8 Å². The van der Waals surface area contributed by atoms with E-state index in [4.69, 9.17) is 11.6 Å². The van der Waals surface area contributed by atoms with Gasteiger partial charge in [-0.2, -0.15) is 0 Å². The molecule has 144 valence electrons. The summed E-state index contributed by atoms with van der Waals surface area (Å²) in [6, 6.07) is 4.12. The molecule has 0 aromatic heterocycles. The maximum atomic E-state index is 13.3. The Morgan fingerprint density at radius 2 is 1.96 bits per heavy atom. The van der Waals surface area contributed by atoms with Gasteiger partial charge < -0.3 is 10.4 Å². The van der Waals surface area contributed by atoms with Crippen LogP contribution in [-0.4, -0.2) is 45.9 Å². The minimum atomic E-state index is -1.42. The highest BCUT2D eigenvalue weighted by Crippen LogP contribution is 2.54. The first-order valence-electron chi connectivity index (χ1n) is 9.18. The number of likely N-dealkylation sites (tertiary alicyclic amines) is 1. The second-order valence-corrected chi connectivity index (χ2v) is 8.05. The molecule has 1 aromatic rings. The number of amides is 3. The highest BCUT2D eigenvalue weighted by Gasteiger charge is 2.71. The number of nitrogens with zero attached hydrogens (tertiary/aromatic N) is 1. The summed E-state index contributed by atoms with van der Waals surface area (Å²) in [7, 11) is 0. The largest absolute Gasteiger partial charge is 0.392 e. The molecule has 1 spiro atoms. The zero-order valence-corrected chi connectivity index (χ0v) is 16.1. The van der Waals surface area contributed by atoms with Gasteiger partial charge in [-0.05, 0) is 26.3 Å². The lowest BCUT2D eigenvalue weighted by Gasteiger charge is -2.31. The molecule has 27 heavy (non-hydrogen) atoms. The number of halogens is 1.